The van der Waals surface area contributed by atoms with Gasteiger partial charge in [0.25, 0.3) is 5.91 Å². The number of anilines is 3. The van der Waals surface area contributed by atoms with Gasteiger partial charge in [0.1, 0.15) is 12.1 Å². The maximum absolute atomic E-state index is 13.6. The average molecular weight is 531 g/mol. The van der Waals surface area contributed by atoms with E-state index in [9.17, 15) is 23.1 Å². The number of hydrogen-bond donors (Lipinski definition) is 2. The summed E-state index contributed by atoms with van der Waals surface area (Å²) in [4.78, 5) is 24.7. The molecule has 0 radical (unpaired) electrons. The van der Waals surface area contributed by atoms with Gasteiger partial charge in [0, 0.05) is 12.7 Å². The molecule has 1 aliphatic heterocycles. The highest BCUT2D eigenvalue weighted by atomic mass is 32.1. The molecular weight excluding hydrogens is 509 g/mol. The third kappa shape index (κ3) is 4.49. The Hall–Kier alpha value is -4.02. The minimum Gasteiger partial charge on any atom is -0.475 e. The van der Waals surface area contributed by atoms with Gasteiger partial charge < -0.3 is 20.1 Å². The van der Waals surface area contributed by atoms with Crippen molar-refractivity contribution in [3.05, 3.63) is 47.5 Å². The molecular formula is C24H21F3N6O3S. The molecule has 0 saturated carbocycles. The van der Waals surface area contributed by atoms with E-state index in [1.54, 1.807) is 39.1 Å². The Bertz CT molecular complexity index is 1450. The van der Waals surface area contributed by atoms with Crippen molar-refractivity contribution < 1.29 is 27.8 Å². The molecule has 2 heterocycles. The maximum atomic E-state index is 13.6. The van der Waals surface area contributed by atoms with Crippen molar-refractivity contribution in [2.75, 3.05) is 35.4 Å². The quantitative estimate of drug-likeness (QED) is 0.459. The number of benzene rings is 2. The summed E-state index contributed by atoms with van der Waals surface area (Å²) in [7, 11) is 1.64. The Morgan fingerprint density at radius 3 is 2.51 bits per heavy atom. The molecule has 0 unspecified atom stereocenters. The Morgan fingerprint density at radius 2 is 1.89 bits per heavy atom. The van der Waals surface area contributed by atoms with E-state index in [1.807, 2.05) is 0 Å². The molecule has 4 rings (SSSR count). The Morgan fingerprint density at radius 1 is 1.19 bits per heavy atom. The topological polar surface area (TPSA) is 115 Å². The first-order chi connectivity index (χ1) is 17.4. The highest BCUT2D eigenvalue weighted by Crippen LogP contribution is 2.40. The molecule has 2 aromatic carbocycles. The lowest BCUT2D eigenvalue weighted by Crippen LogP contribution is -2.44. The second kappa shape index (κ2) is 9.45. The van der Waals surface area contributed by atoms with Crippen LogP contribution in [0.5, 0.6) is 5.88 Å². The number of fused-ring (bicyclic) bond motifs is 1. The number of hydrogen-bond acceptors (Lipinski definition) is 8. The summed E-state index contributed by atoms with van der Waals surface area (Å²) in [6.45, 7) is 2.95. The molecule has 0 spiro atoms. The number of aliphatic hydroxyl groups excluding tert-OH is 1. The number of alkyl halides is 3. The van der Waals surface area contributed by atoms with Crippen LogP contribution in [0, 0.1) is 11.3 Å². The highest BCUT2D eigenvalue weighted by molar-refractivity contribution is 7.81. The van der Waals surface area contributed by atoms with Crippen LogP contribution < -0.4 is 19.9 Å². The van der Waals surface area contributed by atoms with Crippen LogP contribution in [-0.2, 0) is 11.0 Å². The molecule has 0 aliphatic carbocycles. The summed E-state index contributed by atoms with van der Waals surface area (Å²) in [5.74, 6) is -0.0555. The van der Waals surface area contributed by atoms with Crippen molar-refractivity contribution in [2.45, 2.75) is 25.6 Å². The molecule has 1 saturated heterocycles. The number of aliphatic hydroxyl groups is 1. The van der Waals surface area contributed by atoms with E-state index in [-0.39, 0.29) is 29.9 Å². The van der Waals surface area contributed by atoms with E-state index in [2.05, 4.69) is 15.3 Å². The summed E-state index contributed by atoms with van der Waals surface area (Å²) < 4.78 is 46.3. The second-order valence-electron chi connectivity index (χ2n) is 8.53. The first kappa shape index (κ1) is 26.1. The van der Waals surface area contributed by atoms with Gasteiger partial charge in [0.05, 0.1) is 40.4 Å². The van der Waals surface area contributed by atoms with Crippen LogP contribution in [-0.4, -0.2) is 51.9 Å². The molecule has 2 N–H and O–H groups in total. The fourth-order valence-corrected chi connectivity index (χ4v) is 4.57. The zero-order chi connectivity index (χ0) is 27.1. The van der Waals surface area contributed by atoms with Crippen LogP contribution >= 0.6 is 12.2 Å². The van der Waals surface area contributed by atoms with Crippen molar-refractivity contribution in [3.63, 3.8) is 0 Å². The van der Waals surface area contributed by atoms with Gasteiger partial charge in [-0.15, -0.1) is 0 Å². The zero-order valence-electron chi connectivity index (χ0n) is 19.9. The SMILES string of the molecule is CNc1nc(OCCO)c2cc(N3C(=S)N(c4ccc(C#N)c(C(F)(F)F)c4)C(=O)C3(C)C)ccc2n1. The lowest BCUT2D eigenvalue weighted by atomic mass is 10.0. The van der Waals surface area contributed by atoms with Crippen LogP contribution in [0.25, 0.3) is 10.9 Å². The van der Waals surface area contributed by atoms with Crippen molar-refractivity contribution in [2.24, 2.45) is 0 Å². The van der Waals surface area contributed by atoms with Crippen molar-refractivity contribution in [3.8, 4) is 11.9 Å². The number of carbonyl (C=O) groups excluding carboxylic acids is 1. The van der Waals surface area contributed by atoms with Gasteiger partial charge in [-0.1, -0.05) is 0 Å². The molecule has 13 heteroatoms. The third-order valence-corrected chi connectivity index (χ3v) is 6.18. The van der Waals surface area contributed by atoms with Gasteiger partial charge in [-0.25, -0.2) is 4.98 Å². The lowest BCUT2D eigenvalue weighted by Gasteiger charge is -2.29. The van der Waals surface area contributed by atoms with Crippen molar-refractivity contribution in [1.29, 1.82) is 5.26 Å². The number of nitrogens with one attached hydrogen (secondary N) is 1. The standard InChI is InChI=1S/C24H21F3N6O3S/c1-23(2)20(35)32(14-5-4-13(12-28)17(11-14)24(25,26)27)22(37)33(23)15-6-7-18-16(10-15)19(36-9-8-34)31-21(29-3)30-18/h4-7,10-11,34H,8-9H2,1-3H3,(H,29,30,31). The predicted octanol–water partition coefficient (Wildman–Crippen LogP) is 3.85. The fraction of sp³-hybridized carbons (Fsp3) is 0.292. The number of aromatic nitrogens is 2. The van der Waals surface area contributed by atoms with E-state index >= 15 is 0 Å². The van der Waals surface area contributed by atoms with Gasteiger partial charge in [0.15, 0.2) is 5.11 Å². The number of amides is 1. The van der Waals surface area contributed by atoms with Gasteiger partial charge in [-0.3, -0.25) is 9.69 Å². The number of nitriles is 1. The minimum atomic E-state index is -4.80. The zero-order valence-corrected chi connectivity index (χ0v) is 20.7. The smallest absolute Gasteiger partial charge is 0.417 e. The monoisotopic (exact) mass is 530 g/mol. The summed E-state index contributed by atoms with van der Waals surface area (Å²) >= 11 is 5.59. The number of thiocarbonyl (C=S) groups is 1. The van der Waals surface area contributed by atoms with E-state index in [0.29, 0.717) is 22.5 Å². The molecule has 3 aromatic rings. The molecule has 0 atom stereocenters. The first-order valence-electron chi connectivity index (χ1n) is 11.0. The normalized spacial score (nSPS) is 15.3. The number of rotatable bonds is 6. The summed E-state index contributed by atoms with van der Waals surface area (Å²) in [6, 6.07) is 9.56. The fourth-order valence-electron chi connectivity index (χ4n) is 4.05. The minimum absolute atomic E-state index is 0.0143. The van der Waals surface area contributed by atoms with Gasteiger partial charge in [-0.2, -0.15) is 23.4 Å². The Balaban J connectivity index is 1.82. The van der Waals surface area contributed by atoms with Crippen LogP contribution in [0.4, 0.5) is 30.5 Å². The maximum Gasteiger partial charge on any atom is 0.417 e. The van der Waals surface area contributed by atoms with Crippen molar-refractivity contribution in [1.82, 2.24) is 9.97 Å². The third-order valence-electron chi connectivity index (χ3n) is 5.81. The van der Waals surface area contributed by atoms with Gasteiger partial charge >= 0.3 is 6.18 Å². The molecule has 0 bridgehead atoms. The van der Waals surface area contributed by atoms with Crippen LogP contribution in [0.3, 0.4) is 0 Å². The largest absolute Gasteiger partial charge is 0.475 e. The Labute approximate surface area is 215 Å². The average Bonchev–Trinajstić information content (AvgIpc) is 3.04. The van der Waals surface area contributed by atoms with Crippen molar-refractivity contribution >= 4 is 51.5 Å². The van der Waals surface area contributed by atoms with E-state index < -0.39 is 28.7 Å². The number of carbonyl (C=O) groups is 1. The second-order valence-corrected chi connectivity index (χ2v) is 8.90. The highest BCUT2D eigenvalue weighted by Gasteiger charge is 2.50. The Kier molecular flexibility index (Phi) is 6.66. The van der Waals surface area contributed by atoms with Gasteiger partial charge in [-0.05, 0) is 62.5 Å². The number of halogens is 3. The molecule has 9 nitrogen and oxygen atoms in total. The summed E-state index contributed by atoms with van der Waals surface area (Å²) in [5, 5.41) is 21.6. The van der Waals surface area contributed by atoms with E-state index in [4.69, 9.17) is 22.2 Å². The molecule has 1 fully saturated rings. The predicted molar refractivity (Wildman–Crippen MR) is 134 cm³/mol. The number of ether oxygens (including phenoxy) is 1. The molecule has 1 amide bonds. The summed E-state index contributed by atoms with van der Waals surface area (Å²) in [6.07, 6.45) is -4.80. The molecule has 1 aliphatic rings. The van der Waals surface area contributed by atoms with Gasteiger partial charge in [0.2, 0.25) is 11.8 Å². The number of nitrogens with zero attached hydrogens (tertiary/aromatic N) is 5. The molecule has 192 valence electrons. The summed E-state index contributed by atoms with van der Waals surface area (Å²) in [5.41, 5.74) is -2.12. The van der Waals surface area contributed by atoms with Crippen LogP contribution in [0.2, 0.25) is 0 Å². The van der Waals surface area contributed by atoms with E-state index in [1.165, 1.54) is 17.0 Å². The van der Waals surface area contributed by atoms with Crippen LogP contribution in [0.1, 0.15) is 25.0 Å². The van der Waals surface area contributed by atoms with E-state index in [0.717, 1.165) is 17.0 Å². The first-order valence-corrected chi connectivity index (χ1v) is 11.4. The molecule has 37 heavy (non-hydrogen) atoms. The van der Waals surface area contributed by atoms with Crippen LogP contribution in [0.15, 0.2) is 36.4 Å². The molecule has 1 aromatic heterocycles. The lowest BCUT2D eigenvalue weighted by molar-refractivity contribution is -0.137.